The van der Waals surface area contributed by atoms with Crippen LogP contribution in [0.3, 0.4) is 0 Å². The van der Waals surface area contributed by atoms with Crippen molar-refractivity contribution in [2.45, 2.75) is 214 Å². The van der Waals surface area contributed by atoms with Crippen molar-refractivity contribution >= 4 is 5.97 Å². The molecule has 9 atom stereocenters. The van der Waals surface area contributed by atoms with Crippen LogP contribution in [0.2, 0.25) is 0 Å². The maximum Gasteiger partial charge on any atom is 0.332 e. The molecule has 364 valence electrons. The van der Waals surface area contributed by atoms with Gasteiger partial charge in [-0.3, -0.25) is 4.90 Å². The van der Waals surface area contributed by atoms with E-state index in [1.165, 1.54) is 135 Å². The molecule has 5 unspecified atom stereocenters. The molecule has 3 saturated carbocycles. The maximum absolute atomic E-state index is 13.0. The summed E-state index contributed by atoms with van der Waals surface area (Å²) in [6.07, 6.45) is 39.8. The van der Waals surface area contributed by atoms with Crippen LogP contribution in [0.5, 0.6) is 0 Å². The van der Waals surface area contributed by atoms with Gasteiger partial charge in [0.05, 0.1) is 39.1 Å². The Kier molecular flexibility index (Phi) is 24.1. The average molecular weight is 882 g/mol. The first kappa shape index (κ1) is 52.7. The maximum atomic E-state index is 13.0. The number of fused-ring (bicyclic) bond motifs is 5. The third-order valence-electron chi connectivity index (χ3n) is 17.0. The van der Waals surface area contributed by atoms with E-state index in [4.69, 9.17) is 23.7 Å². The Morgan fingerprint density at radius 1 is 0.794 bits per heavy atom. The molecule has 0 bridgehead atoms. The normalized spacial score (nSPS) is 29.6. The van der Waals surface area contributed by atoms with Gasteiger partial charge in [-0.2, -0.15) is 0 Å². The molecule has 7 heteroatoms. The molecule has 4 fully saturated rings. The van der Waals surface area contributed by atoms with Crippen LogP contribution in [0.15, 0.2) is 23.8 Å². The molecule has 1 heterocycles. The van der Waals surface area contributed by atoms with E-state index in [1.54, 1.807) is 5.57 Å². The number of morpholine rings is 1. The van der Waals surface area contributed by atoms with Crippen molar-refractivity contribution in [2.75, 3.05) is 65.9 Å². The van der Waals surface area contributed by atoms with Crippen molar-refractivity contribution in [2.24, 2.45) is 46.3 Å². The molecule has 4 aliphatic carbocycles. The molecular weight excluding hydrogens is 783 g/mol. The smallest absolute Gasteiger partial charge is 0.332 e. The number of unbranched alkanes of at least 4 members (excludes halogenated alkanes) is 12. The Balaban J connectivity index is 0.928. The van der Waals surface area contributed by atoms with Crippen molar-refractivity contribution in [3.8, 4) is 0 Å². The average Bonchev–Trinajstić information content (AvgIpc) is 3.63. The number of carbonyl (C=O) groups excluding carboxylic acids is 1. The number of hydrogen-bond donors (Lipinski definition) is 0. The molecule has 5 rings (SSSR count). The molecule has 1 aliphatic heterocycles. The standard InChI is InChI=1S/C56H99NO6/c1-7-8-9-10-11-12-13-14-15-16-17-18-19-20-21-22-36-60-43-49(42-57-34-37-59-38-35-57)62-40-39-61-44-54(58)63-48-30-32-55(5)47(41-48)26-27-50-52-29-28-51(46(4)25-23-24-45(2)3)56(52,6)33-31-53(50)55/h14-15,26,45-46,48-53H,7-13,16-25,27-44H2,1-6H3/b15-14-/t46-,48?,49?,50?,51-,52?,53?,55+,56-/m1/s1. The van der Waals surface area contributed by atoms with Gasteiger partial charge < -0.3 is 23.7 Å². The van der Waals surface area contributed by atoms with E-state index in [1.807, 2.05) is 0 Å². The second kappa shape index (κ2) is 28.8. The lowest BCUT2D eigenvalue weighted by molar-refractivity contribution is -0.157. The van der Waals surface area contributed by atoms with Crippen LogP contribution in [0.25, 0.3) is 0 Å². The number of esters is 1. The van der Waals surface area contributed by atoms with Gasteiger partial charge in [0, 0.05) is 32.7 Å². The largest absolute Gasteiger partial charge is 0.460 e. The zero-order valence-corrected chi connectivity index (χ0v) is 42.0. The summed E-state index contributed by atoms with van der Waals surface area (Å²) in [6.45, 7) is 21.2. The fraction of sp³-hybridized carbons (Fsp3) is 0.911. The number of rotatable bonds is 32. The Labute approximate surface area is 388 Å². The lowest BCUT2D eigenvalue weighted by Crippen LogP contribution is -2.51. The fourth-order valence-electron chi connectivity index (χ4n) is 13.3. The predicted octanol–water partition coefficient (Wildman–Crippen LogP) is 13.7. The topological polar surface area (TPSA) is 66.5 Å². The summed E-state index contributed by atoms with van der Waals surface area (Å²) < 4.78 is 29.9. The molecule has 0 amide bonds. The van der Waals surface area contributed by atoms with Gasteiger partial charge in [0.1, 0.15) is 12.7 Å². The van der Waals surface area contributed by atoms with Crippen LogP contribution in [0.4, 0.5) is 0 Å². The third kappa shape index (κ3) is 17.1. The molecule has 0 N–H and O–H groups in total. The van der Waals surface area contributed by atoms with Crippen LogP contribution in [-0.2, 0) is 28.5 Å². The summed E-state index contributed by atoms with van der Waals surface area (Å²) in [5.41, 5.74) is 2.34. The van der Waals surface area contributed by atoms with E-state index >= 15 is 0 Å². The van der Waals surface area contributed by atoms with Gasteiger partial charge >= 0.3 is 5.97 Å². The van der Waals surface area contributed by atoms with Crippen molar-refractivity contribution in [3.05, 3.63) is 23.8 Å². The first-order valence-corrected chi connectivity index (χ1v) is 27.2. The second-order valence-corrected chi connectivity index (χ2v) is 22.1. The predicted molar refractivity (Wildman–Crippen MR) is 261 cm³/mol. The van der Waals surface area contributed by atoms with Gasteiger partial charge in [-0.1, -0.05) is 142 Å². The highest BCUT2D eigenvalue weighted by Gasteiger charge is 2.59. The molecule has 0 aromatic carbocycles. The summed E-state index contributed by atoms with van der Waals surface area (Å²) in [4.78, 5) is 15.4. The van der Waals surface area contributed by atoms with Gasteiger partial charge in [0.2, 0.25) is 0 Å². The zero-order chi connectivity index (χ0) is 44.8. The van der Waals surface area contributed by atoms with E-state index in [9.17, 15) is 4.79 Å². The monoisotopic (exact) mass is 882 g/mol. The van der Waals surface area contributed by atoms with Crippen molar-refractivity contribution in [3.63, 3.8) is 0 Å². The lowest BCUT2D eigenvalue weighted by Gasteiger charge is -2.58. The minimum Gasteiger partial charge on any atom is -0.460 e. The second-order valence-electron chi connectivity index (χ2n) is 22.1. The van der Waals surface area contributed by atoms with Gasteiger partial charge in [-0.05, 0) is 123 Å². The molecule has 0 aromatic rings. The highest BCUT2D eigenvalue weighted by Crippen LogP contribution is 2.67. The highest BCUT2D eigenvalue weighted by atomic mass is 16.6. The lowest BCUT2D eigenvalue weighted by atomic mass is 9.47. The first-order chi connectivity index (χ1) is 30.6. The van der Waals surface area contributed by atoms with Crippen molar-refractivity contribution < 1.29 is 28.5 Å². The number of nitrogens with zero attached hydrogens (tertiary/aromatic N) is 1. The molecule has 63 heavy (non-hydrogen) atoms. The first-order valence-electron chi connectivity index (χ1n) is 27.2. The molecule has 0 aromatic heterocycles. The van der Waals surface area contributed by atoms with Crippen molar-refractivity contribution in [1.29, 1.82) is 0 Å². The van der Waals surface area contributed by atoms with E-state index in [0.717, 1.165) is 101 Å². The molecule has 0 spiro atoms. The van der Waals surface area contributed by atoms with Crippen LogP contribution < -0.4 is 0 Å². The summed E-state index contributed by atoms with van der Waals surface area (Å²) in [5, 5.41) is 0. The summed E-state index contributed by atoms with van der Waals surface area (Å²) in [6, 6.07) is 0. The van der Waals surface area contributed by atoms with Gasteiger partial charge in [-0.25, -0.2) is 4.79 Å². The minimum atomic E-state index is -0.241. The SMILES string of the molecule is CCCCCCCC/C=C\CCCCCCCCOCC(CN1CCOCC1)OCCOCC(=O)OC1CC[C@@]2(C)C(=CCC3C2CC[C@@]2(C)C3CC[C@@H]2[C@H](C)CCCC(C)C)C1. The molecular formula is C56H99NO6. The molecule has 1 saturated heterocycles. The summed E-state index contributed by atoms with van der Waals surface area (Å²) in [5.74, 6) is 4.79. The highest BCUT2D eigenvalue weighted by molar-refractivity contribution is 5.71. The third-order valence-corrected chi connectivity index (χ3v) is 17.0. The van der Waals surface area contributed by atoms with Crippen LogP contribution in [0.1, 0.15) is 202 Å². The Morgan fingerprint density at radius 2 is 1.51 bits per heavy atom. The zero-order valence-electron chi connectivity index (χ0n) is 42.0. The van der Waals surface area contributed by atoms with Crippen LogP contribution in [-0.4, -0.2) is 89.0 Å². The number of hydrogen-bond acceptors (Lipinski definition) is 7. The minimum absolute atomic E-state index is 0.0151. The molecule has 5 aliphatic rings. The van der Waals surface area contributed by atoms with E-state index in [2.05, 4.69) is 64.7 Å². The van der Waals surface area contributed by atoms with Gasteiger partial charge in [0.25, 0.3) is 0 Å². The Bertz CT molecular complexity index is 1310. The summed E-state index contributed by atoms with van der Waals surface area (Å²) >= 11 is 0. The molecule has 7 nitrogen and oxygen atoms in total. The van der Waals surface area contributed by atoms with Gasteiger partial charge in [-0.15, -0.1) is 0 Å². The van der Waals surface area contributed by atoms with E-state index in [-0.39, 0.29) is 30.2 Å². The fourth-order valence-corrected chi connectivity index (χ4v) is 13.3. The Morgan fingerprint density at radius 3 is 2.24 bits per heavy atom. The van der Waals surface area contributed by atoms with E-state index in [0.29, 0.717) is 25.2 Å². The van der Waals surface area contributed by atoms with E-state index < -0.39 is 0 Å². The quantitative estimate of drug-likeness (QED) is 0.0379. The molecule has 0 radical (unpaired) electrons. The number of ether oxygens (including phenoxy) is 5. The van der Waals surface area contributed by atoms with Crippen LogP contribution in [0, 0.1) is 46.3 Å². The number of allylic oxidation sites excluding steroid dienone is 3. The van der Waals surface area contributed by atoms with Crippen molar-refractivity contribution in [1.82, 2.24) is 4.90 Å². The summed E-state index contributed by atoms with van der Waals surface area (Å²) in [7, 11) is 0. The Hall–Kier alpha value is -1.25. The van der Waals surface area contributed by atoms with Crippen LogP contribution >= 0.6 is 0 Å². The number of carbonyl (C=O) groups is 1. The van der Waals surface area contributed by atoms with Gasteiger partial charge in [0.15, 0.2) is 0 Å².